The number of hydrogen-bond donors (Lipinski definition) is 2. The highest BCUT2D eigenvalue weighted by Crippen LogP contribution is 2.31. The topological polar surface area (TPSA) is 54.0 Å². The SMILES string of the molecule is O=C(Cc1ccc(F)cc1)Nc1ccc(Nc2cccc(C(F)(F)F)c2)cn1. The lowest BCUT2D eigenvalue weighted by atomic mass is 10.1. The van der Waals surface area contributed by atoms with Crippen molar-refractivity contribution in [3.05, 3.63) is 83.8 Å². The fraction of sp³-hybridized carbons (Fsp3) is 0.100. The van der Waals surface area contributed by atoms with Crippen molar-refractivity contribution in [1.29, 1.82) is 0 Å². The van der Waals surface area contributed by atoms with Gasteiger partial charge in [0, 0.05) is 5.69 Å². The third-order valence-corrected chi connectivity index (χ3v) is 3.79. The lowest BCUT2D eigenvalue weighted by Crippen LogP contribution is -2.15. The van der Waals surface area contributed by atoms with Gasteiger partial charge >= 0.3 is 6.18 Å². The maximum atomic E-state index is 12.9. The second-order valence-corrected chi connectivity index (χ2v) is 5.99. The summed E-state index contributed by atoms with van der Waals surface area (Å²) in [5.74, 6) is -0.408. The molecular weight excluding hydrogens is 374 g/mol. The van der Waals surface area contributed by atoms with Crippen molar-refractivity contribution < 1.29 is 22.4 Å². The molecule has 1 amide bonds. The van der Waals surface area contributed by atoms with Gasteiger partial charge in [-0.2, -0.15) is 13.2 Å². The number of nitrogens with one attached hydrogen (secondary N) is 2. The Morgan fingerprint density at radius 1 is 0.964 bits per heavy atom. The first-order valence-electron chi connectivity index (χ1n) is 8.24. The molecule has 1 aromatic heterocycles. The van der Waals surface area contributed by atoms with Crippen LogP contribution >= 0.6 is 0 Å². The smallest absolute Gasteiger partial charge is 0.354 e. The quantitative estimate of drug-likeness (QED) is 0.593. The molecule has 2 aromatic carbocycles. The van der Waals surface area contributed by atoms with Crippen molar-refractivity contribution in [3.63, 3.8) is 0 Å². The maximum Gasteiger partial charge on any atom is 0.416 e. The number of alkyl halides is 3. The van der Waals surface area contributed by atoms with Gasteiger partial charge in [-0.25, -0.2) is 9.37 Å². The molecule has 0 bridgehead atoms. The van der Waals surface area contributed by atoms with E-state index in [-0.39, 0.29) is 23.8 Å². The minimum absolute atomic E-state index is 0.0617. The lowest BCUT2D eigenvalue weighted by Gasteiger charge is -2.11. The van der Waals surface area contributed by atoms with Crippen molar-refractivity contribution in [3.8, 4) is 0 Å². The lowest BCUT2D eigenvalue weighted by molar-refractivity contribution is -0.137. The normalized spacial score (nSPS) is 11.1. The first kappa shape index (κ1) is 19.3. The van der Waals surface area contributed by atoms with Gasteiger partial charge in [-0.3, -0.25) is 4.79 Å². The van der Waals surface area contributed by atoms with Crippen molar-refractivity contribution >= 4 is 23.1 Å². The Hall–Kier alpha value is -3.42. The van der Waals surface area contributed by atoms with E-state index in [1.807, 2.05) is 0 Å². The number of amides is 1. The summed E-state index contributed by atoms with van der Waals surface area (Å²) in [6, 6.07) is 13.5. The molecule has 2 N–H and O–H groups in total. The Bertz CT molecular complexity index is 954. The molecule has 0 radical (unpaired) electrons. The summed E-state index contributed by atoms with van der Waals surface area (Å²) in [6.07, 6.45) is -2.96. The van der Waals surface area contributed by atoms with Gasteiger partial charge in [-0.15, -0.1) is 0 Å². The fourth-order valence-electron chi connectivity index (χ4n) is 2.46. The largest absolute Gasteiger partial charge is 0.416 e. The van der Waals surface area contributed by atoms with Crippen LogP contribution in [0, 0.1) is 5.82 Å². The van der Waals surface area contributed by atoms with E-state index >= 15 is 0 Å². The molecule has 0 aliphatic carbocycles. The second-order valence-electron chi connectivity index (χ2n) is 5.99. The van der Waals surface area contributed by atoms with Crippen LogP contribution in [-0.2, 0) is 17.4 Å². The van der Waals surface area contributed by atoms with Crippen LogP contribution in [0.1, 0.15) is 11.1 Å². The number of nitrogens with zero attached hydrogens (tertiary/aromatic N) is 1. The number of hydrogen-bond acceptors (Lipinski definition) is 3. The van der Waals surface area contributed by atoms with Crippen LogP contribution in [0.3, 0.4) is 0 Å². The predicted molar refractivity (Wildman–Crippen MR) is 97.7 cm³/mol. The number of aromatic nitrogens is 1. The van der Waals surface area contributed by atoms with E-state index in [1.165, 1.54) is 48.7 Å². The summed E-state index contributed by atoms with van der Waals surface area (Å²) in [7, 11) is 0. The van der Waals surface area contributed by atoms with Crippen molar-refractivity contribution in [2.24, 2.45) is 0 Å². The van der Waals surface area contributed by atoms with Gasteiger partial charge in [0.15, 0.2) is 0 Å². The van der Waals surface area contributed by atoms with E-state index in [0.29, 0.717) is 17.1 Å². The van der Waals surface area contributed by atoms with E-state index in [2.05, 4.69) is 15.6 Å². The molecule has 3 aromatic rings. The highest BCUT2D eigenvalue weighted by Gasteiger charge is 2.30. The summed E-state index contributed by atoms with van der Waals surface area (Å²) >= 11 is 0. The number of rotatable bonds is 5. The predicted octanol–water partition coefficient (Wildman–Crippen LogP) is 5.16. The molecule has 0 atom stereocenters. The van der Waals surface area contributed by atoms with E-state index in [9.17, 15) is 22.4 Å². The van der Waals surface area contributed by atoms with Gasteiger partial charge < -0.3 is 10.6 Å². The molecule has 4 nitrogen and oxygen atoms in total. The van der Waals surface area contributed by atoms with Gasteiger partial charge in [0.25, 0.3) is 0 Å². The third kappa shape index (κ3) is 5.29. The third-order valence-electron chi connectivity index (χ3n) is 3.79. The summed E-state index contributed by atoms with van der Waals surface area (Å²) in [5, 5.41) is 5.44. The van der Waals surface area contributed by atoms with Crippen molar-refractivity contribution in [2.75, 3.05) is 10.6 Å². The van der Waals surface area contributed by atoms with Gasteiger partial charge in [-0.1, -0.05) is 18.2 Å². The maximum absolute atomic E-state index is 12.9. The Kier molecular flexibility index (Phi) is 5.58. The van der Waals surface area contributed by atoms with Gasteiger partial charge in [-0.05, 0) is 48.0 Å². The molecule has 0 saturated carbocycles. The number of anilines is 3. The van der Waals surface area contributed by atoms with Crippen LogP contribution in [0.2, 0.25) is 0 Å². The highest BCUT2D eigenvalue weighted by molar-refractivity contribution is 5.91. The van der Waals surface area contributed by atoms with Gasteiger partial charge in [0.05, 0.1) is 23.9 Å². The molecule has 28 heavy (non-hydrogen) atoms. The van der Waals surface area contributed by atoms with E-state index in [4.69, 9.17) is 0 Å². The molecular formula is C20H15F4N3O. The zero-order valence-electron chi connectivity index (χ0n) is 14.4. The number of carbonyl (C=O) groups is 1. The number of pyridine rings is 1. The Morgan fingerprint density at radius 2 is 1.71 bits per heavy atom. The average Bonchev–Trinajstić information content (AvgIpc) is 2.65. The molecule has 0 aliphatic rings. The first-order valence-corrected chi connectivity index (χ1v) is 8.24. The van der Waals surface area contributed by atoms with Crippen LogP contribution in [0.15, 0.2) is 66.9 Å². The fourth-order valence-corrected chi connectivity index (χ4v) is 2.46. The van der Waals surface area contributed by atoms with Crippen LogP contribution < -0.4 is 10.6 Å². The zero-order chi connectivity index (χ0) is 20.1. The molecule has 0 aliphatic heterocycles. The molecule has 0 unspecified atom stereocenters. The van der Waals surface area contributed by atoms with Crippen molar-refractivity contribution in [2.45, 2.75) is 12.6 Å². The Labute approximate surface area is 158 Å². The number of halogens is 4. The van der Waals surface area contributed by atoms with Crippen molar-refractivity contribution in [1.82, 2.24) is 4.98 Å². The second kappa shape index (κ2) is 8.08. The minimum Gasteiger partial charge on any atom is -0.354 e. The summed E-state index contributed by atoms with van der Waals surface area (Å²) in [6.45, 7) is 0. The first-order chi connectivity index (χ1) is 13.3. The summed E-state index contributed by atoms with van der Waals surface area (Å²) < 4.78 is 51.1. The van der Waals surface area contributed by atoms with Gasteiger partial charge in [0.2, 0.25) is 5.91 Å². The van der Waals surface area contributed by atoms with E-state index in [1.54, 1.807) is 6.07 Å². The van der Waals surface area contributed by atoms with Crippen LogP contribution in [0.5, 0.6) is 0 Å². The van der Waals surface area contributed by atoms with Crippen LogP contribution in [-0.4, -0.2) is 10.9 Å². The number of benzene rings is 2. The monoisotopic (exact) mass is 389 g/mol. The molecule has 3 rings (SSSR count). The average molecular weight is 389 g/mol. The molecule has 8 heteroatoms. The minimum atomic E-state index is -4.42. The van der Waals surface area contributed by atoms with Crippen LogP contribution in [0.4, 0.5) is 34.8 Å². The Morgan fingerprint density at radius 3 is 2.36 bits per heavy atom. The molecule has 0 spiro atoms. The molecule has 144 valence electrons. The standard InChI is InChI=1S/C20H15F4N3O/c21-15-6-4-13(5-7-15)10-19(28)27-18-9-8-17(12-25-18)26-16-3-1-2-14(11-16)20(22,23)24/h1-9,11-12,26H,10H2,(H,25,27,28). The van der Waals surface area contributed by atoms with Gasteiger partial charge in [0.1, 0.15) is 11.6 Å². The van der Waals surface area contributed by atoms with E-state index < -0.39 is 11.7 Å². The molecule has 0 fully saturated rings. The summed E-state index contributed by atoms with van der Waals surface area (Å²) in [4.78, 5) is 16.1. The highest BCUT2D eigenvalue weighted by atomic mass is 19.4. The summed E-state index contributed by atoms with van der Waals surface area (Å²) in [5.41, 5.74) is 0.637. The zero-order valence-corrected chi connectivity index (χ0v) is 14.4. The van der Waals surface area contributed by atoms with Crippen LogP contribution in [0.25, 0.3) is 0 Å². The number of carbonyl (C=O) groups excluding carboxylic acids is 1. The Balaban J connectivity index is 1.60. The van der Waals surface area contributed by atoms with E-state index in [0.717, 1.165) is 12.1 Å². The molecule has 1 heterocycles. The molecule has 0 saturated heterocycles.